The molecule has 0 aromatic rings. The SMILES string of the molecule is CC(N)C1CCN(CCC(=O)O)C1. The van der Waals surface area contributed by atoms with E-state index in [-0.39, 0.29) is 12.5 Å². The van der Waals surface area contributed by atoms with Crippen LogP contribution in [0.3, 0.4) is 0 Å². The van der Waals surface area contributed by atoms with E-state index in [1.165, 1.54) is 0 Å². The Kier molecular flexibility index (Phi) is 3.69. The molecule has 1 rings (SSSR count). The molecule has 13 heavy (non-hydrogen) atoms. The van der Waals surface area contributed by atoms with E-state index in [1.54, 1.807) is 0 Å². The van der Waals surface area contributed by atoms with Crippen molar-refractivity contribution in [1.29, 1.82) is 0 Å². The molecule has 0 saturated carbocycles. The molecule has 2 unspecified atom stereocenters. The van der Waals surface area contributed by atoms with Gasteiger partial charge in [0.25, 0.3) is 0 Å². The third kappa shape index (κ3) is 3.32. The molecule has 1 saturated heterocycles. The zero-order chi connectivity index (χ0) is 9.84. The predicted molar refractivity (Wildman–Crippen MR) is 50.4 cm³/mol. The average molecular weight is 186 g/mol. The van der Waals surface area contributed by atoms with Crippen molar-refractivity contribution >= 4 is 5.97 Å². The van der Waals surface area contributed by atoms with E-state index in [0.717, 1.165) is 19.5 Å². The minimum atomic E-state index is -0.718. The Balaban J connectivity index is 2.21. The van der Waals surface area contributed by atoms with Crippen molar-refractivity contribution in [3.63, 3.8) is 0 Å². The number of likely N-dealkylation sites (tertiary alicyclic amines) is 1. The van der Waals surface area contributed by atoms with Gasteiger partial charge in [0.05, 0.1) is 6.42 Å². The highest BCUT2D eigenvalue weighted by Gasteiger charge is 2.24. The number of hydrogen-bond acceptors (Lipinski definition) is 3. The summed E-state index contributed by atoms with van der Waals surface area (Å²) in [6, 6.07) is 0.231. The Morgan fingerprint density at radius 1 is 1.77 bits per heavy atom. The Morgan fingerprint density at radius 3 is 2.92 bits per heavy atom. The number of carbonyl (C=O) groups is 1. The first kappa shape index (κ1) is 10.5. The molecule has 0 aromatic heterocycles. The van der Waals surface area contributed by atoms with Crippen LogP contribution in [0.15, 0.2) is 0 Å². The summed E-state index contributed by atoms with van der Waals surface area (Å²) in [5.41, 5.74) is 5.77. The van der Waals surface area contributed by atoms with Crippen LogP contribution in [0.5, 0.6) is 0 Å². The van der Waals surface area contributed by atoms with E-state index in [9.17, 15) is 4.79 Å². The molecule has 0 amide bonds. The minimum absolute atomic E-state index is 0.231. The van der Waals surface area contributed by atoms with E-state index in [1.807, 2.05) is 6.92 Å². The van der Waals surface area contributed by atoms with Crippen molar-refractivity contribution in [3.8, 4) is 0 Å². The number of carboxylic acid groups (broad SMARTS) is 1. The van der Waals surface area contributed by atoms with E-state index in [2.05, 4.69) is 4.90 Å². The van der Waals surface area contributed by atoms with Crippen LogP contribution in [0.4, 0.5) is 0 Å². The number of rotatable bonds is 4. The van der Waals surface area contributed by atoms with Gasteiger partial charge in [-0.25, -0.2) is 0 Å². The van der Waals surface area contributed by atoms with Crippen LogP contribution in [0, 0.1) is 5.92 Å². The first-order valence-electron chi connectivity index (χ1n) is 4.79. The Morgan fingerprint density at radius 2 is 2.46 bits per heavy atom. The number of carboxylic acids is 1. The van der Waals surface area contributed by atoms with Gasteiger partial charge in [0.2, 0.25) is 0 Å². The molecule has 1 heterocycles. The summed E-state index contributed by atoms with van der Waals surface area (Å²) < 4.78 is 0. The summed E-state index contributed by atoms with van der Waals surface area (Å²) in [5.74, 6) is -0.168. The minimum Gasteiger partial charge on any atom is -0.481 e. The standard InChI is InChI=1S/C9H18N2O2/c1-7(10)8-2-4-11(6-8)5-3-9(12)13/h7-8H,2-6,10H2,1H3,(H,12,13). The number of hydrogen-bond donors (Lipinski definition) is 2. The highest BCUT2D eigenvalue weighted by Crippen LogP contribution is 2.18. The van der Waals surface area contributed by atoms with Gasteiger partial charge in [-0.2, -0.15) is 0 Å². The summed E-state index contributed by atoms with van der Waals surface area (Å²) in [4.78, 5) is 12.5. The van der Waals surface area contributed by atoms with Crippen molar-refractivity contribution < 1.29 is 9.90 Å². The zero-order valence-electron chi connectivity index (χ0n) is 8.07. The van der Waals surface area contributed by atoms with Gasteiger partial charge in [0.15, 0.2) is 0 Å². The normalized spacial score (nSPS) is 26.2. The van der Waals surface area contributed by atoms with Crippen molar-refractivity contribution in [3.05, 3.63) is 0 Å². The lowest BCUT2D eigenvalue weighted by molar-refractivity contribution is -0.137. The summed E-state index contributed by atoms with van der Waals surface area (Å²) >= 11 is 0. The molecule has 0 spiro atoms. The number of nitrogens with zero attached hydrogens (tertiary/aromatic N) is 1. The molecule has 0 bridgehead atoms. The Labute approximate surface area is 78.7 Å². The molecular formula is C9H18N2O2. The van der Waals surface area contributed by atoms with Crippen LogP contribution in [0.25, 0.3) is 0 Å². The molecule has 76 valence electrons. The average Bonchev–Trinajstić information content (AvgIpc) is 2.48. The van der Waals surface area contributed by atoms with Crippen molar-refractivity contribution in [1.82, 2.24) is 4.90 Å². The molecule has 2 atom stereocenters. The lowest BCUT2D eigenvalue weighted by atomic mass is 10.0. The molecule has 1 aliphatic heterocycles. The van der Waals surface area contributed by atoms with Gasteiger partial charge in [-0.3, -0.25) is 4.79 Å². The van der Waals surface area contributed by atoms with Crippen molar-refractivity contribution in [2.75, 3.05) is 19.6 Å². The van der Waals surface area contributed by atoms with Crippen LogP contribution >= 0.6 is 0 Å². The van der Waals surface area contributed by atoms with Crippen LogP contribution in [0.2, 0.25) is 0 Å². The second-order valence-electron chi connectivity index (χ2n) is 3.85. The predicted octanol–water partition coefficient (Wildman–Crippen LogP) is 0.130. The van der Waals surface area contributed by atoms with Gasteiger partial charge in [0.1, 0.15) is 0 Å². The first-order chi connectivity index (χ1) is 6.09. The Hall–Kier alpha value is -0.610. The largest absolute Gasteiger partial charge is 0.481 e. The van der Waals surface area contributed by atoms with Crippen LogP contribution in [-0.2, 0) is 4.79 Å². The van der Waals surface area contributed by atoms with E-state index >= 15 is 0 Å². The smallest absolute Gasteiger partial charge is 0.304 e. The maximum absolute atomic E-state index is 10.3. The quantitative estimate of drug-likeness (QED) is 0.655. The molecule has 0 aromatic carbocycles. The van der Waals surface area contributed by atoms with E-state index in [0.29, 0.717) is 12.5 Å². The zero-order valence-corrected chi connectivity index (χ0v) is 8.07. The summed E-state index contributed by atoms with van der Waals surface area (Å²) in [6.07, 6.45) is 1.35. The highest BCUT2D eigenvalue weighted by molar-refractivity contribution is 5.66. The van der Waals surface area contributed by atoms with Gasteiger partial charge < -0.3 is 15.7 Å². The lowest BCUT2D eigenvalue weighted by Crippen LogP contribution is -2.30. The third-order valence-electron chi connectivity index (χ3n) is 2.69. The monoisotopic (exact) mass is 186 g/mol. The second kappa shape index (κ2) is 4.58. The molecule has 3 N–H and O–H groups in total. The van der Waals surface area contributed by atoms with Gasteiger partial charge in [0, 0.05) is 19.1 Å². The van der Waals surface area contributed by atoms with Gasteiger partial charge in [-0.1, -0.05) is 0 Å². The van der Waals surface area contributed by atoms with Crippen LogP contribution in [0.1, 0.15) is 19.8 Å². The number of nitrogens with two attached hydrogens (primary N) is 1. The molecule has 0 radical (unpaired) electrons. The lowest BCUT2D eigenvalue weighted by Gasteiger charge is -2.16. The van der Waals surface area contributed by atoms with Gasteiger partial charge >= 0.3 is 5.97 Å². The highest BCUT2D eigenvalue weighted by atomic mass is 16.4. The maximum atomic E-state index is 10.3. The maximum Gasteiger partial charge on any atom is 0.304 e. The fraction of sp³-hybridized carbons (Fsp3) is 0.889. The first-order valence-corrected chi connectivity index (χ1v) is 4.79. The molecule has 1 aliphatic rings. The summed E-state index contributed by atoms with van der Waals surface area (Å²) in [7, 11) is 0. The molecule has 4 nitrogen and oxygen atoms in total. The van der Waals surface area contributed by atoms with Crippen LogP contribution in [-0.4, -0.2) is 41.7 Å². The van der Waals surface area contributed by atoms with Crippen molar-refractivity contribution in [2.45, 2.75) is 25.8 Å². The number of aliphatic carboxylic acids is 1. The molecule has 1 fully saturated rings. The topological polar surface area (TPSA) is 66.6 Å². The van der Waals surface area contributed by atoms with Gasteiger partial charge in [-0.05, 0) is 25.8 Å². The fourth-order valence-electron chi connectivity index (χ4n) is 1.75. The summed E-state index contributed by atoms with van der Waals surface area (Å²) in [5, 5.41) is 8.50. The molecular weight excluding hydrogens is 168 g/mol. The van der Waals surface area contributed by atoms with Crippen molar-refractivity contribution in [2.24, 2.45) is 11.7 Å². The second-order valence-corrected chi connectivity index (χ2v) is 3.85. The third-order valence-corrected chi connectivity index (χ3v) is 2.69. The van der Waals surface area contributed by atoms with Crippen LogP contribution < -0.4 is 5.73 Å². The molecule has 0 aliphatic carbocycles. The van der Waals surface area contributed by atoms with Gasteiger partial charge in [-0.15, -0.1) is 0 Å². The van der Waals surface area contributed by atoms with E-state index < -0.39 is 5.97 Å². The molecule has 4 heteroatoms. The summed E-state index contributed by atoms with van der Waals surface area (Å²) in [6.45, 7) is 4.65. The Bertz CT molecular complexity index is 182. The fourth-order valence-corrected chi connectivity index (χ4v) is 1.75. The van der Waals surface area contributed by atoms with E-state index in [4.69, 9.17) is 10.8 Å².